The molecule has 1 aromatic rings. The van der Waals surface area contributed by atoms with Crippen LogP contribution in [0.1, 0.15) is 23.2 Å². The maximum Gasteiger partial charge on any atom is 0.230 e. The second-order valence-electron chi connectivity index (χ2n) is 4.03. The zero-order valence-electron chi connectivity index (χ0n) is 10.0. The molecule has 0 N–H and O–H groups in total. The van der Waals surface area contributed by atoms with Gasteiger partial charge in [-0.05, 0) is 18.2 Å². The predicted molar refractivity (Wildman–Crippen MR) is 65.0 cm³/mol. The van der Waals surface area contributed by atoms with Crippen LogP contribution < -0.4 is 9.64 Å². The fraction of sp³-hybridized carbons (Fsp3) is 0.308. The fourth-order valence-corrected chi connectivity index (χ4v) is 1.82. The third-order valence-corrected chi connectivity index (χ3v) is 2.86. The Bertz CT molecular complexity index is 510. The molecule has 2 rings (SSSR count). The summed E-state index contributed by atoms with van der Waals surface area (Å²) in [6, 6.07) is 4.85. The number of hydrogen-bond donors (Lipinski definition) is 0. The highest BCUT2D eigenvalue weighted by molar-refractivity contribution is 6.04. The summed E-state index contributed by atoms with van der Waals surface area (Å²) in [5.74, 6) is 0.248. The van der Waals surface area contributed by atoms with Crippen LogP contribution in [0.25, 0.3) is 0 Å². The first-order valence-electron chi connectivity index (χ1n) is 5.63. The van der Waals surface area contributed by atoms with Crippen molar-refractivity contribution >= 4 is 23.7 Å². The number of carbonyl (C=O) groups is 3. The lowest BCUT2D eigenvalue weighted by atomic mass is 10.1. The summed E-state index contributed by atoms with van der Waals surface area (Å²) in [6.45, 7) is 0.331. The minimum atomic E-state index is -0.266. The predicted octanol–water partition coefficient (Wildman–Crippen LogP) is 1.20. The molecule has 0 radical (unpaired) electrons. The summed E-state index contributed by atoms with van der Waals surface area (Å²) in [5, 5.41) is 0. The SMILES string of the molecule is CN1C(=O)CCOc2ccc(C(=O)CC=O)cc21. The van der Waals surface area contributed by atoms with Crippen LogP contribution in [-0.4, -0.2) is 31.6 Å². The quantitative estimate of drug-likeness (QED) is 0.457. The van der Waals surface area contributed by atoms with Crippen LogP contribution in [-0.2, 0) is 9.59 Å². The molecule has 0 bridgehead atoms. The van der Waals surface area contributed by atoms with Gasteiger partial charge in [-0.1, -0.05) is 0 Å². The molecule has 5 heteroatoms. The smallest absolute Gasteiger partial charge is 0.230 e. The zero-order valence-corrected chi connectivity index (χ0v) is 10.0. The first-order chi connectivity index (χ1) is 8.63. The number of aldehydes is 1. The van der Waals surface area contributed by atoms with Crippen LogP contribution >= 0.6 is 0 Å². The van der Waals surface area contributed by atoms with E-state index in [0.717, 1.165) is 0 Å². The first kappa shape index (κ1) is 12.3. The molecule has 94 valence electrons. The van der Waals surface area contributed by atoms with Gasteiger partial charge in [-0.3, -0.25) is 9.59 Å². The molecule has 0 aromatic heterocycles. The summed E-state index contributed by atoms with van der Waals surface area (Å²) >= 11 is 0. The van der Waals surface area contributed by atoms with Crippen molar-refractivity contribution in [1.29, 1.82) is 0 Å². The Morgan fingerprint density at radius 2 is 2.28 bits per heavy atom. The standard InChI is InChI=1S/C13H13NO4/c1-14-10-8-9(11(16)4-6-15)2-3-12(10)18-7-5-13(14)17/h2-3,6,8H,4-5,7H2,1H3. The number of fused-ring (bicyclic) bond motifs is 1. The van der Waals surface area contributed by atoms with E-state index >= 15 is 0 Å². The van der Waals surface area contributed by atoms with E-state index in [0.29, 0.717) is 36.3 Å². The topological polar surface area (TPSA) is 63.7 Å². The lowest BCUT2D eigenvalue weighted by molar-refractivity contribution is -0.118. The highest BCUT2D eigenvalue weighted by atomic mass is 16.5. The fourth-order valence-electron chi connectivity index (χ4n) is 1.82. The Kier molecular flexibility index (Phi) is 3.41. The molecule has 1 aliphatic rings. The van der Waals surface area contributed by atoms with Gasteiger partial charge >= 0.3 is 0 Å². The van der Waals surface area contributed by atoms with Gasteiger partial charge in [0.1, 0.15) is 12.0 Å². The van der Waals surface area contributed by atoms with Gasteiger partial charge in [0.15, 0.2) is 5.78 Å². The van der Waals surface area contributed by atoms with Crippen molar-refractivity contribution in [2.45, 2.75) is 12.8 Å². The average molecular weight is 247 g/mol. The molecule has 0 aliphatic carbocycles. The van der Waals surface area contributed by atoms with Crippen LogP contribution in [0.5, 0.6) is 5.75 Å². The van der Waals surface area contributed by atoms with Crippen LogP contribution in [0.4, 0.5) is 5.69 Å². The van der Waals surface area contributed by atoms with Gasteiger partial charge in [0.25, 0.3) is 0 Å². The Hall–Kier alpha value is -2.17. The molecule has 0 unspecified atom stereocenters. The summed E-state index contributed by atoms with van der Waals surface area (Å²) in [7, 11) is 1.64. The molecule has 0 spiro atoms. The number of ether oxygens (including phenoxy) is 1. The Labute approximate surface area is 104 Å². The molecule has 0 fully saturated rings. The van der Waals surface area contributed by atoms with E-state index in [-0.39, 0.29) is 18.1 Å². The van der Waals surface area contributed by atoms with E-state index in [9.17, 15) is 14.4 Å². The number of ketones is 1. The van der Waals surface area contributed by atoms with Crippen molar-refractivity contribution in [2.75, 3.05) is 18.6 Å². The highest BCUT2D eigenvalue weighted by Crippen LogP contribution is 2.31. The molecule has 1 heterocycles. The van der Waals surface area contributed by atoms with Gasteiger partial charge in [-0.2, -0.15) is 0 Å². The largest absolute Gasteiger partial charge is 0.491 e. The number of amides is 1. The Morgan fingerprint density at radius 3 is 3.00 bits per heavy atom. The molecule has 1 aliphatic heterocycles. The van der Waals surface area contributed by atoms with Crippen molar-refractivity contribution in [3.8, 4) is 5.75 Å². The van der Waals surface area contributed by atoms with Gasteiger partial charge in [0.2, 0.25) is 5.91 Å². The molecule has 1 amide bonds. The van der Waals surface area contributed by atoms with E-state index in [1.54, 1.807) is 25.2 Å². The molecule has 1 aromatic carbocycles. The van der Waals surface area contributed by atoms with Crippen molar-refractivity contribution in [1.82, 2.24) is 0 Å². The van der Waals surface area contributed by atoms with Crippen molar-refractivity contribution in [2.24, 2.45) is 0 Å². The maximum absolute atomic E-state index is 11.7. The highest BCUT2D eigenvalue weighted by Gasteiger charge is 2.21. The summed E-state index contributed by atoms with van der Waals surface area (Å²) in [6.07, 6.45) is 0.722. The minimum Gasteiger partial charge on any atom is -0.491 e. The van der Waals surface area contributed by atoms with Crippen LogP contribution in [0.15, 0.2) is 18.2 Å². The maximum atomic E-state index is 11.7. The van der Waals surface area contributed by atoms with E-state index in [1.807, 2.05) is 0 Å². The summed E-state index contributed by atoms with van der Waals surface area (Å²) < 4.78 is 5.44. The number of hydrogen-bond acceptors (Lipinski definition) is 4. The van der Waals surface area contributed by atoms with E-state index in [4.69, 9.17) is 4.74 Å². The number of rotatable bonds is 3. The molecule has 0 atom stereocenters. The number of anilines is 1. The lowest BCUT2D eigenvalue weighted by Crippen LogP contribution is -2.25. The second kappa shape index (κ2) is 5.00. The summed E-state index contributed by atoms with van der Waals surface area (Å²) in [5.41, 5.74) is 0.972. The molecule has 5 nitrogen and oxygen atoms in total. The van der Waals surface area contributed by atoms with Crippen LogP contribution in [0.2, 0.25) is 0 Å². The molecular weight excluding hydrogens is 234 g/mol. The Morgan fingerprint density at radius 1 is 1.50 bits per heavy atom. The second-order valence-corrected chi connectivity index (χ2v) is 4.03. The number of Topliss-reactive ketones (excluding diaryl/α,β-unsaturated/α-hetero) is 1. The number of carbonyl (C=O) groups excluding carboxylic acids is 3. The van der Waals surface area contributed by atoms with Gasteiger partial charge in [-0.15, -0.1) is 0 Å². The van der Waals surface area contributed by atoms with Crippen LogP contribution in [0.3, 0.4) is 0 Å². The average Bonchev–Trinajstić information content (AvgIpc) is 2.50. The lowest BCUT2D eigenvalue weighted by Gasteiger charge is -2.16. The zero-order chi connectivity index (χ0) is 13.1. The number of benzene rings is 1. The number of nitrogens with zero attached hydrogens (tertiary/aromatic N) is 1. The summed E-state index contributed by atoms with van der Waals surface area (Å²) in [4.78, 5) is 35.1. The van der Waals surface area contributed by atoms with E-state index in [1.165, 1.54) is 4.90 Å². The third kappa shape index (κ3) is 2.25. The van der Waals surface area contributed by atoms with E-state index < -0.39 is 0 Å². The van der Waals surface area contributed by atoms with Gasteiger partial charge < -0.3 is 14.4 Å². The Balaban J connectivity index is 2.40. The molecule has 0 saturated carbocycles. The van der Waals surface area contributed by atoms with Crippen molar-refractivity contribution in [3.63, 3.8) is 0 Å². The molecule has 18 heavy (non-hydrogen) atoms. The molecule has 0 saturated heterocycles. The van der Waals surface area contributed by atoms with Gasteiger partial charge in [0.05, 0.1) is 25.1 Å². The van der Waals surface area contributed by atoms with Crippen molar-refractivity contribution < 1.29 is 19.1 Å². The third-order valence-electron chi connectivity index (χ3n) is 2.86. The van der Waals surface area contributed by atoms with Gasteiger partial charge in [-0.25, -0.2) is 0 Å². The van der Waals surface area contributed by atoms with Gasteiger partial charge in [0, 0.05) is 12.6 Å². The van der Waals surface area contributed by atoms with Crippen molar-refractivity contribution in [3.05, 3.63) is 23.8 Å². The van der Waals surface area contributed by atoms with E-state index in [2.05, 4.69) is 0 Å². The van der Waals surface area contributed by atoms with Crippen LogP contribution in [0, 0.1) is 0 Å². The first-order valence-corrected chi connectivity index (χ1v) is 5.63. The monoisotopic (exact) mass is 247 g/mol. The normalized spacial score (nSPS) is 14.5. The minimum absolute atomic E-state index is 0.0614. The molecular formula is C13H13NO4.